The van der Waals surface area contributed by atoms with E-state index in [0.29, 0.717) is 15.9 Å². The maximum absolute atomic E-state index is 13.2. The molecule has 0 aliphatic heterocycles. The van der Waals surface area contributed by atoms with Crippen LogP contribution >= 0.6 is 11.3 Å². The molecule has 0 saturated carbocycles. The number of anilines is 1. The molecule has 0 aliphatic rings. The molecule has 4 rings (SSSR count). The van der Waals surface area contributed by atoms with Gasteiger partial charge in [-0.2, -0.15) is 4.72 Å². The summed E-state index contributed by atoms with van der Waals surface area (Å²) in [6, 6.07) is 14.7. The van der Waals surface area contributed by atoms with Crippen molar-refractivity contribution in [1.29, 1.82) is 0 Å². The number of pyridine rings is 1. The number of hydrogen-bond acceptors (Lipinski definition) is 8. The Labute approximate surface area is 201 Å². The number of carbonyl (C=O) groups excluding carboxylic acids is 1. The van der Waals surface area contributed by atoms with Crippen molar-refractivity contribution >= 4 is 43.3 Å². The van der Waals surface area contributed by atoms with E-state index < -0.39 is 22.0 Å². The van der Waals surface area contributed by atoms with Gasteiger partial charge in [-0.05, 0) is 42.3 Å². The summed E-state index contributed by atoms with van der Waals surface area (Å²) in [5.41, 5.74) is 1.16. The monoisotopic (exact) mass is 497 g/mol. The highest BCUT2D eigenvalue weighted by Crippen LogP contribution is 2.28. The van der Waals surface area contributed by atoms with Crippen LogP contribution < -0.4 is 14.8 Å². The van der Waals surface area contributed by atoms with Crippen LogP contribution in [0.1, 0.15) is 13.8 Å². The van der Waals surface area contributed by atoms with Gasteiger partial charge >= 0.3 is 0 Å². The molecule has 2 aromatic carbocycles. The normalized spacial score (nSPS) is 12.6. The maximum atomic E-state index is 13.2. The van der Waals surface area contributed by atoms with Crippen LogP contribution in [0.3, 0.4) is 0 Å². The van der Waals surface area contributed by atoms with Gasteiger partial charge in [0.25, 0.3) is 0 Å². The highest BCUT2D eigenvalue weighted by molar-refractivity contribution is 7.89. The number of hydrogen-bond donors (Lipinski definition) is 2. The highest BCUT2D eigenvalue weighted by Gasteiger charge is 2.30. The van der Waals surface area contributed by atoms with Crippen LogP contribution in [0.2, 0.25) is 0 Å². The molecule has 9 nitrogen and oxygen atoms in total. The van der Waals surface area contributed by atoms with Crippen molar-refractivity contribution in [1.82, 2.24) is 19.9 Å². The van der Waals surface area contributed by atoms with Gasteiger partial charge in [-0.3, -0.25) is 15.1 Å². The second kappa shape index (κ2) is 9.84. The predicted molar refractivity (Wildman–Crippen MR) is 131 cm³/mol. The SMILES string of the molecule is COc1ccc(-c2nnc(NC(=O)C(NS(=O)(=O)c3cccc4cccnc34)C(C)C)s2)cc1. The number of carbonyl (C=O) groups is 1. The smallest absolute Gasteiger partial charge is 0.244 e. The Morgan fingerprint density at radius 1 is 1.03 bits per heavy atom. The molecule has 4 aromatic rings. The van der Waals surface area contributed by atoms with Crippen LogP contribution in [0.5, 0.6) is 5.75 Å². The molecule has 1 atom stereocenters. The number of para-hydroxylation sites is 1. The van der Waals surface area contributed by atoms with E-state index in [1.807, 2.05) is 12.1 Å². The lowest BCUT2D eigenvalue weighted by atomic mass is 10.1. The van der Waals surface area contributed by atoms with Crippen molar-refractivity contribution < 1.29 is 17.9 Å². The van der Waals surface area contributed by atoms with E-state index in [4.69, 9.17) is 4.74 Å². The summed E-state index contributed by atoms with van der Waals surface area (Å²) in [6.45, 7) is 3.52. The number of fused-ring (bicyclic) bond motifs is 1. The lowest BCUT2D eigenvalue weighted by Crippen LogP contribution is -2.47. The van der Waals surface area contributed by atoms with Crippen molar-refractivity contribution in [3.05, 3.63) is 60.8 Å². The fraction of sp³-hybridized carbons (Fsp3) is 0.217. The van der Waals surface area contributed by atoms with Crippen LogP contribution in [0, 0.1) is 5.92 Å². The number of nitrogens with one attached hydrogen (secondary N) is 2. The van der Waals surface area contributed by atoms with Crippen LogP contribution in [0.25, 0.3) is 21.5 Å². The Morgan fingerprint density at radius 3 is 2.47 bits per heavy atom. The van der Waals surface area contributed by atoms with Gasteiger partial charge in [0.05, 0.1) is 12.6 Å². The molecule has 1 amide bonds. The minimum atomic E-state index is -4.03. The third-order valence-corrected chi connectivity index (χ3v) is 7.47. The van der Waals surface area contributed by atoms with Crippen LogP contribution in [0.15, 0.2) is 65.7 Å². The molecular formula is C23H23N5O4S2. The van der Waals surface area contributed by atoms with Crippen molar-refractivity contribution in [2.45, 2.75) is 24.8 Å². The summed E-state index contributed by atoms with van der Waals surface area (Å²) in [5, 5.41) is 12.4. The molecular weight excluding hydrogens is 474 g/mol. The van der Waals surface area contributed by atoms with E-state index in [0.717, 1.165) is 11.3 Å². The summed E-state index contributed by atoms with van der Waals surface area (Å²) in [7, 11) is -2.44. The first-order chi connectivity index (χ1) is 16.3. The highest BCUT2D eigenvalue weighted by atomic mass is 32.2. The van der Waals surface area contributed by atoms with Gasteiger partial charge in [-0.15, -0.1) is 10.2 Å². The molecule has 2 N–H and O–H groups in total. The van der Waals surface area contributed by atoms with E-state index in [-0.39, 0.29) is 15.9 Å². The topological polar surface area (TPSA) is 123 Å². The molecule has 2 heterocycles. The zero-order chi connectivity index (χ0) is 24.3. The minimum absolute atomic E-state index is 0.0155. The zero-order valence-corrected chi connectivity index (χ0v) is 20.4. The third-order valence-electron chi connectivity index (χ3n) is 5.11. The molecule has 2 aromatic heterocycles. The van der Waals surface area contributed by atoms with E-state index in [2.05, 4.69) is 25.2 Å². The number of ether oxygens (including phenoxy) is 1. The zero-order valence-electron chi connectivity index (χ0n) is 18.7. The van der Waals surface area contributed by atoms with Crippen LogP contribution in [-0.2, 0) is 14.8 Å². The summed E-state index contributed by atoms with van der Waals surface area (Å²) in [6.07, 6.45) is 1.53. The Bertz CT molecular complexity index is 1410. The first kappa shape index (κ1) is 23.7. The Morgan fingerprint density at radius 2 is 1.76 bits per heavy atom. The minimum Gasteiger partial charge on any atom is -0.497 e. The molecule has 0 aliphatic carbocycles. The van der Waals surface area contributed by atoms with E-state index in [9.17, 15) is 13.2 Å². The van der Waals surface area contributed by atoms with Gasteiger partial charge in [-0.1, -0.05) is 43.4 Å². The van der Waals surface area contributed by atoms with E-state index in [1.165, 1.54) is 23.6 Å². The second-order valence-corrected chi connectivity index (χ2v) is 10.5. The number of benzene rings is 2. The maximum Gasteiger partial charge on any atom is 0.244 e. The van der Waals surface area contributed by atoms with Crippen molar-refractivity contribution in [3.63, 3.8) is 0 Å². The first-order valence-corrected chi connectivity index (χ1v) is 12.7. The average Bonchev–Trinajstić information content (AvgIpc) is 3.30. The Balaban J connectivity index is 1.53. The Hall–Kier alpha value is -3.41. The number of methoxy groups -OCH3 is 1. The molecule has 0 saturated heterocycles. The standard InChI is InChI=1S/C23H23N5O4S2/c1-14(2)19(28-34(30,31)18-8-4-6-15-7-5-13-24-20(15)18)21(29)25-23-27-26-22(33-23)16-9-11-17(32-3)12-10-16/h4-14,19,28H,1-3H3,(H,25,27,29). The number of amides is 1. The summed E-state index contributed by atoms with van der Waals surface area (Å²) >= 11 is 1.19. The van der Waals surface area contributed by atoms with Crippen molar-refractivity contribution in [2.24, 2.45) is 5.92 Å². The lowest BCUT2D eigenvalue weighted by Gasteiger charge is -2.21. The van der Waals surface area contributed by atoms with Crippen molar-refractivity contribution in [3.8, 4) is 16.3 Å². The molecule has 11 heteroatoms. The largest absolute Gasteiger partial charge is 0.497 e. The molecule has 176 valence electrons. The van der Waals surface area contributed by atoms with Gasteiger partial charge in [0.1, 0.15) is 21.7 Å². The van der Waals surface area contributed by atoms with Gasteiger partial charge < -0.3 is 4.74 Å². The third kappa shape index (κ3) is 5.06. The Kier molecular flexibility index (Phi) is 6.87. The number of sulfonamides is 1. The van der Waals surface area contributed by atoms with E-state index in [1.54, 1.807) is 57.4 Å². The van der Waals surface area contributed by atoms with Crippen molar-refractivity contribution in [2.75, 3.05) is 12.4 Å². The summed E-state index contributed by atoms with van der Waals surface area (Å²) < 4.78 is 34.1. The average molecular weight is 498 g/mol. The lowest BCUT2D eigenvalue weighted by molar-refractivity contribution is -0.118. The number of nitrogens with zero attached hydrogens (tertiary/aromatic N) is 3. The second-order valence-electron chi connectivity index (χ2n) is 7.80. The predicted octanol–water partition coefficient (Wildman–Crippen LogP) is 3.70. The fourth-order valence-electron chi connectivity index (χ4n) is 3.32. The quantitative estimate of drug-likeness (QED) is 0.380. The fourth-order valence-corrected chi connectivity index (χ4v) is 5.60. The van der Waals surface area contributed by atoms with Gasteiger partial charge in [0.2, 0.25) is 21.1 Å². The van der Waals surface area contributed by atoms with Crippen LogP contribution in [-0.4, -0.2) is 42.7 Å². The van der Waals surface area contributed by atoms with Gasteiger partial charge in [0.15, 0.2) is 0 Å². The molecule has 0 fully saturated rings. The number of rotatable bonds is 8. The molecule has 0 bridgehead atoms. The molecule has 34 heavy (non-hydrogen) atoms. The summed E-state index contributed by atoms with van der Waals surface area (Å²) in [5.74, 6) is -0.133. The van der Waals surface area contributed by atoms with Crippen LogP contribution in [0.4, 0.5) is 5.13 Å². The van der Waals surface area contributed by atoms with Gasteiger partial charge in [0, 0.05) is 17.1 Å². The first-order valence-electron chi connectivity index (χ1n) is 10.4. The molecule has 0 spiro atoms. The molecule has 1 unspecified atom stereocenters. The molecule has 0 radical (unpaired) electrons. The van der Waals surface area contributed by atoms with E-state index >= 15 is 0 Å². The number of aromatic nitrogens is 3. The van der Waals surface area contributed by atoms with Gasteiger partial charge in [-0.25, -0.2) is 8.42 Å². The summed E-state index contributed by atoms with van der Waals surface area (Å²) in [4.78, 5) is 17.3.